The van der Waals surface area contributed by atoms with Crippen molar-refractivity contribution in [3.05, 3.63) is 59.7 Å². The summed E-state index contributed by atoms with van der Waals surface area (Å²) in [5, 5.41) is 1.98. The molecular weight excluding hydrogens is 479 g/mol. The van der Waals surface area contributed by atoms with Gasteiger partial charge in [-0.15, -0.1) is 23.2 Å². The summed E-state index contributed by atoms with van der Waals surface area (Å²) in [5.41, 5.74) is 2.07. The molecule has 2 bridgehead atoms. The molecule has 0 spiro atoms. The standard InChI is InChI=1S/C25H22Cl2N2O5/c1-12-5-7-14(8-6-12)28-18(30)11-34-25(33)13-3-2-4-15(9-13)29-23(31)19-16-10-17(20(19)24(29)32)22(27)21(16)26/h2-9,16-17,19-22H,10-11H2,1H3,(H,28,30)/t16-,17-,19-,20-,21+,22+/m1/s1. The van der Waals surface area contributed by atoms with Crippen molar-refractivity contribution in [2.45, 2.75) is 24.1 Å². The molecule has 1 heterocycles. The highest BCUT2D eigenvalue weighted by molar-refractivity contribution is 6.32. The smallest absolute Gasteiger partial charge is 0.338 e. The van der Waals surface area contributed by atoms with E-state index in [-0.39, 0.29) is 40.0 Å². The van der Waals surface area contributed by atoms with Crippen molar-refractivity contribution in [1.82, 2.24) is 0 Å². The van der Waals surface area contributed by atoms with Crippen LogP contribution in [0.2, 0.25) is 0 Å². The van der Waals surface area contributed by atoms with E-state index in [1.54, 1.807) is 24.3 Å². The zero-order valence-electron chi connectivity index (χ0n) is 18.2. The minimum absolute atomic E-state index is 0.124. The lowest BCUT2D eigenvalue weighted by molar-refractivity contribution is -0.123. The Morgan fingerprint density at radius 1 is 1.00 bits per heavy atom. The van der Waals surface area contributed by atoms with Gasteiger partial charge in [-0.25, -0.2) is 4.79 Å². The van der Waals surface area contributed by atoms with Gasteiger partial charge >= 0.3 is 5.97 Å². The Labute approximate surface area is 206 Å². The van der Waals surface area contributed by atoms with Crippen LogP contribution in [0.1, 0.15) is 22.3 Å². The van der Waals surface area contributed by atoms with Gasteiger partial charge in [0.05, 0.1) is 33.8 Å². The first-order valence-corrected chi connectivity index (χ1v) is 11.9. The molecule has 5 rings (SSSR count). The summed E-state index contributed by atoms with van der Waals surface area (Å²) >= 11 is 12.8. The third kappa shape index (κ3) is 3.77. The van der Waals surface area contributed by atoms with Crippen LogP contribution < -0.4 is 10.2 Å². The number of anilines is 2. The normalized spacial score (nSPS) is 29.3. The van der Waals surface area contributed by atoms with Crippen molar-refractivity contribution in [1.29, 1.82) is 0 Å². The molecule has 3 amide bonds. The highest BCUT2D eigenvalue weighted by Crippen LogP contribution is 2.59. The summed E-state index contributed by atoms with van der Waals surface area (Å²) in [6.07, 6.45) is 0.681. The molecule has 0 unspecified atom stereocenters. The number of rotatable bonds is 5. The summed E-state index contributed by atoms with van der Waals surface area (Å²) < 4.78 is 5.13. The Balaban J connectivity index is 1.26. The van der Waals surface area contributed by atoms with Crippen LogP contribution in [0.15, 0.2) is 48.5 Å². The number of carbonyl (C=O) groups excluding carboxylic acids is 4. The number of halogens is 2. The van der Waals surface area contributed by atoms with Gasteiger partial charge in [0.25, 0.3) is 5.91 Å². The van der Waals surface area contributed by atoms with Gasteiger partial charge in [-0.3, -0.25) is 19.3 Å². The highest BCUT2D eigenvalue weighted by Gasteiger charge is 2.66. The maximum Gasteiger partial charge on any atom is 0.338 e. The Hall–Kier alpha value is -2.90. The third-order valence-electron chi connectivity index (χ3n) is 7.00. The van der Waals surface area contributed by atoms with Crippen LogP contribution in [0.25, 0.3) is 0 Å². The second-order valence-electron chi connectivity index (χ2n) is 9.06. The van der Waals surface area contributed by atoms with E-state index < -0.39 is 30.3 Å². The first kappa shape index (κ1) is 22.9. The van der Waals surface area contributed by atoms with E-state index in [1.807, 2.05) is 19.1 Å². The average Bonchev–Trinajstić information content (AvgIpc) is 3.44. The number of nitrogens with one attached hydrogen (secondary N) is 1. The number of alkyl halides is 2. The number of fused-ring (bicyclic) bond motifs is 5. The predicted octanol–water partition coefficient (Wildman–Crippen LogP) is 3.76. The molecule has 176 valence electrons. The summed E-state index contributed by atoms with van der Waals surface area (Å²) in [6.45, 7) is 1.46. The molecular formula is C25H22Cl2N2O5. The average molecular weight is 501 g/mol. The lowest BCUT2D eigenvalue weighted by Gasteiger charge is -2.28. The van der Waals surface area contributed by atoms with E-state index in [4.69, 9.17) is 27.9 Å². The molecule has 1 saturated heterocycles. The Bertz CT molecular complexity index is 1150. The van der Waals surface area contributed by atoms with Crippen LogP contribution in [-0.4, -0.2) is 41.1 Å². The quantitative estimate of drug-likeness (QED) is 0.383. The van der Waals surface area contributed by atoms with Gasteiger partial charge in [-0.1, -0.05) is 23.8 Å². The van der Waals surface area contributed by atoms with Gasteiger partial charge in [0, 0.05) is 5.69 Å². The molecule has 0 radical (unpaired) electrons. The summed E-state index contributed by atoms with van der Waals surface area (Å²) in [4.78, 5) is 52.1. The van der Waals surface area contributed by atoms with Crippen LogP contribution in [0.5, 0.6) is 0 Å². The Morgan fingerprint density at radius 3 is 2.24 bits per heavy atom. The van der Waals surface area contributed by atoms with E-state index in [1.165, 1.54) is 12.1 Å². The first-order chi connectivity index (χ1) is 16.3. The fraction of sp³-hybridized carbons (Fsp3) is 0.360. The number of amides is 3. The number of esters is 1. The number of carbonyl (C=O) groups is 4. The highest BCUT2D eigenvalue weighted by atomic mass is 35.5. The van der Waals surface area contributed by atoms with E-state index in [0.717, 1.165) is 10.5 Å². The molecule has 1 N–H and O–H groups in total. The Morgan fingerprint density at radius 2 is 1.62 bits per heavy atom. The Kier molecular flexibility index (Phi) is 5.86. The van der Waals surface area contributed by atoms with E-state index >= 15 is 0 Å². The fourth-order valence-electron chi connectivity index (χ4n) is 5.42. The van der Waals surface area contributed by atoms with Crippen LogP contribution in [-0.2, 0) is 19.1 Å². The molecule has 2 aliphatic carbocycles. The van der Waals surface area contributed by atoms with Gasteiger partial charge < -0.3 is 10.1 Å². The maximum atomic E-state index is 13.2. The molecule has 2 aromatic carbocycles. The summed E-state index contributed by atoms with van der Waals surface area (Å²) in [5.74, 6) is -3.03. The van der Waals surface area contributed by atoms with Gasteiger partial charge in [0.15, 0.2) is 6.61 Å². The number of imide groups is 1. The predicted molar refractivity (Wildman–Crippen MR) is 127 cm³/mol. The summed E-state index contributed by atoms with van der Waals surface area (Å²) in [6, 6.07) is 13.3. The fourth-order valence-corrected chi connectivity index (χ4v) is 6.32. The zero-order chi connectivity index (χ0) is 24.1. The van der Waals surface area contributed by atoms with Crippen LogP contribution in [0.3, 0.4) is 0 Å². The molecule has 0 aromatic heterocycles. The van der Waals surface area contributed by atoms with Gasteiger partial charge in [-0.05, 0) is 55.5 Å². The van der Waals surface area contributed by atoms with Crippen molar-refractivity contribution in [3.8, 4) is 0 Å². The number of ether oxygens (including phenoxy) is 1. The molecule has 34 heavy (non-hydrogen) atoms. The lowest BCUT2D eigenvalue weighted by Crippen LogP contribution is -2.37. The third-order valence-corrected chi connectivity index (χ3v) is 8.32. The van der Waals surface area contributed by atoms with E-state index in [0.29, 0.717) is 17.8 Å². The number of benzene rings is 2. The van der Waals surface area contributed by atoms with Crippen LogP contribution in [0, 0.1) is 30.6 Å². The molecule has 7 nitrogen and oxygen atoms in total. The molecule has 2 saturated carbocycles. The number of aryl methyl sites for hydroxylation is 1. The van der Waals surface area contributed by atoms with Crippen LogP contribution >= 0.6 is 23.2 Å². The monoisotopic (exact) mass is 500 g/mol. The minimum Gasteiger partial charge on any atom is -0.452 e. The SMILES string of the molecule is Cc1ccc(NC(=O)COC(=O)c2cccc(N3C(=O)[C@@H]4[C@H]5C[C@@H]([C@H](Cl)[C@H]5Cl)[C@H]4C3=O)c2)cc1. The second kappa shape index (κ2) is 8.71. The van der Waals surface area contributed by atoms with Crippen molar-refractivity contribution in [2.75, 3.05) is 16.8 Å². The lowest BCUT2D eigenvalue weighted by atomic mass is 9.80. The number of nitrogens with zero attached hydrogens (tertiary/aromatic N) is 1. The molecule has 3 aliphatic rings. The topological polar surface area (TPSA) is 92.8 Å². The summed E-state index contributed by atoms with van der Waals surface area (Å²) in [7, 11) is 0. The zero-order valence-corrected chi connectivity index (χ0v) is 19.8. The van der Waals surface area contributed by atoms with Crippen molar-refractivity contribution < 1.29 is 23.9 Å². The van der Waals surface area contributed by atoms with Crippen LogP contribution in [0.4, 0.5) is 11.4 Å². The van der Waals surface area contributed by atoms with E-state index in [9.17, 15) is 19.2 Å². The minimum atomic E-state index is -0.734. The van der Waals surface area contributed by atoms with Gasteiger partial charge in [-0.2, -0.15) is 0 Å². The molecule has 3 fully saturated rings. The van der Waals surface area contributed by atoms with E-state index in [2.05, 4.69) is 5.32 Å². The van der Waals surface area contributed by atoms with Gasteiger partial charge in [0.1, 0.15) is 0 Å². The van der Waals surface area contributed by atoms with Gasteiger partial charge in [0.2, 0.25) is 11.8 Å². The maximum absolute atomic E-state index is 13.2. The molecule has 9 heteroatoms. The molecule has 6 atom stereocenters. The second-order valence-corrected chi connectivity index (χ2v) is 10.1. The number of hydrogen-bond acceptors (Lipinski definition) is 5. The molecule has 2 aromatic rings. The molecule has 1 aliphatic heterocycles. The van der Waals surface area contributed by atoms with Crippen molar-refractivity contribution in [2.24, 2.45) is 23.7 Å². The number of hydrogen-bond donors (Lipinski definition) is 1. The largest absolute Gasteiger partial charge is 0.452 e. The first-order valence-electron chi connectivity index (χ1n) is 11.1. The van der Waals surface area contributed by atoms with Crippen molar-refractivity contribution in [3.63, 3.8) is 0 Å². The van der Waals surface area contributed by atoms with Crippen molar-refractivity contribution >= 4 is 58.3 Å².